The lowest BCUT2D eigenvalue weighted by molar-refractivity contribution is -0.137. The lowest BCUT2D eigenvalue weighted by Crippen LogP contribution is -2.38. The molecule has 4 atom stereocenters. The van der Waals surface area contributed by atoms with Gasteiger partial charge in [-0.1, -0.05) is 18.1 Å². The molecule has 0 aromatic carbocycles. The molecule has 8 nitrogen and oxygen atoms in total. The van der Waals surface area contributed by atoms with Gasteiger partial charge in [0.05, 0.1) is 31.7 Å². The van der Waals surface area contributed by atoms with E-state index < -0.39 is 29.7 Å². The van der Waals surface area contributed by atoms with Gasteiger partial charge in [0.2, 0.25) is 11.8 Å². The number of amides is 3. The quantitative estimate of drug-likeness (QED) is 0.530. The smallest absolute Gasteiger partial charge is 0.423 e. The number of imide groups is 3. The van der Waals surface area contributed by atoms with Crippen LogP contribution in [0.3, 0.4) is 0 Å². The van der Waals surface area contributed by atoms with Gasteiger partial charge in [-0.3, -0.25) is 9.59 Å². The van der Waals surface area contributed by atoms with Crippen molar-refractivity contribution >= 4 is 24.0 Å². The van der Waals surface area contributed by atoms with E-state index in [1.807, 2.05) is 19.1 Å². The van der Waals surface area contributed by atoms with E-state index in [0.29, 0.717) is 29.4 Å². The van der Waals surface area contributed by atoms with Crippen molar-refractivity contribution in [3.8, 4) is 0 Å². The standard InChI is InChI=1S/C24H29NO7/c1-4-14-10-17-21(23(28)25(22(17)27)24(29)30-3)18-12-31-19(20(14)18)8-5-13(2)9-15-6-7-16(11-26)32-15/h6-7,9,17-19,21,26H,4-5,8,10-12H2,1-3H3/b13-9+/t17-,18+,19-,21-/m1/s1. The summed E-state index contributed by atoms with van der Waals surface area (Å²) in [7, 11) is 1.17. The average molecular weight is 443 g/mol. The molecular formula is C24H29NO7. The molecule has 3 aliphatic rings. The molecule has 2 fully saturated rings. The number of hydrogen-bond acceptors (Lipinski definition) is 7. The first kappa shape index (κ1) is 22.5. The first-order chi connectivity index (χ1) is 15.4. The lowest BCUT2D eigenvalue weighted by Gasteiger charge is -2.31. The number of fused-ring (bicyclic) bond motifs is 3. The van der Waals surface area contributed by atoms with Crippen molar-refractivity contribution in [1.29, 1.82) is 0 Å². The Kier molecular flexibility index (Phi) is 6.35. The minimum absolute atomic E-state index is 0.112. The Morgan fingerprint density at radius 3 is 2.72 bits per heavy atom. The van der Waals surface area contributed by atoms with Crippen LogP contribution in [0.2, 0.25) is 0 Å². The molecule has 3 heterocycles. The van der Waals surface area contributed by atoms with Gasteiger partial charge in [0.25, 0.3) is 0 Å². The van der Waals surface area contributed by atoms with Gasteiger partial charge in [-0.25, -0.2) is 4.79 Å². The van der Waals surface area contributed by atoms with E-state index in [9.17, 15) is 14.4 Å². The monoisotopic (exact) mass is 443 g/mol. The molecule has 4 rings (SSSR count). The van der Waals surface area contributed by atoms with Crippen LogP contribution in [-0.4, -0.2) is 47.7 Å². The SMILES string of the molecule is CCC1=C2[C@@H](CC/C(C)=C/c3ccc(CO)o3)OC[C@@H]2[C@@H]2C(=O)N(C(=O)OC)C(=O)[C@@H]2C1. The number of carbonyl (C=O) groups excluding carboxylic acids is 3. The predicted molar refractivity (Wildman–Crippen MR) is 114 cm³/mol. The second-order valence-electron chi connectivity index (χ2n) is 8.65. The minimum atomic E-state index is -0.910. The van der Waals surface area contributed by atoms with Crippen LogP contribution in [0.25, 0.3) is 6.08 Å². The number of carbonyl (C=O) groups is 3. The Labute approximate surface area is 186 Å². The molecule has 172 valence electrons. The summed E-state index contributed by atoms with van der Waals surface area (Å²) >= 11 is 0. The van der Waals surface area contributed by atoms with Crippen molar-refractivity contribution in [1.82, 2.24) is 4.90 Å². The first-order valence-electron chi connectivity index (χ1n) is 11.0. The molecule has 32 heavy (non-hydrogen) atoms. The maximum atomic E-state index is 13.0. The zero-order valence-electron chi connectivity index (χ0n) is 18.6. The highest BCUT2D eigenvalue weighted by molar-refractivity contribution is 6.16. The van der Waals surface area contributed by atoms with E-state index in [4.69, 9.17) is 14.3 Å². The number of aliphatic hydroxyl groups is 1. The van der Waals surface area contributed by atoms with Crippen LogP contribution in [0.4, 0.5) is 4.79 Å². The Morgan fingerprint density at radius 1 is 1.28 bits per heavy atom. The summed E-state index contributed by atoms with van der Waals surface area (Å²) in [6, 6.07) is 3.57. The Morgan fingerprint density at radius 2 is 2.06 bits per heavy atom. The predicted octanol–water partition coefficient (Wildman–Crippen LogP) is 3.45. The number of ether oxygens (including phenoxy) is 2. The van der Waals surface area contributed by atoms with Crippen molar-refractivity contribution < 1.29 is 33.4 Å². The van der Waals surface area contributed by atoms with E-state index in [1.165, 1.54) is 7.11 Å². The van der Waals surface area contributed by atoms with Crippen molar-refractivity contribution in [2.45, 2.75) is 52.2 Å². The molecular weight excluding hydrogens is 414 g/mol. The number of aliphatic hydroxyl groups excluding tert-OH is 1. The van der Waals surface area contributed by atoms with E-state index >= 15 is 0 Å². The number of allylic oxidation sites excluding steroid dienone is 2. The number of nitrogens with zero attached hydrogens (tertiary/aromatic N) is 1. The molecule has 0 spiro atoms. The summed E-state index contributed by atoms with van der Waals surface area (Å²) < 4.78 is 16.3. The van der Waals surface area contributed by atoms with Crippen LogP contribution in [-0.2, 0) is 25.7 Å². The van der Waals surface area contributed by atoms with E-state index in [0.717, 1.165) is 36.0 Å². The van der Waals surface area contributed by atoms with E-state index in [2.05, 4.69) is 11.7 Å². The van der Waals surface area contributed by atoms with E-state index in [-0.39, 0.29) is 18.6 Å². The van der Waals surface area contributed by atoms with Gasteiger partial charge in [-0.15, -0.1) is 0 Å². The summed E-state index contributed by atoms with van der Waals surface area (Å²) in [4.78, 5) is 38.5. The second-order valence-corrected chi connectivity index (χ2v) is 8.65. The van der Waals surface area contributed by atoms with Crippen LogP contribution in [0.5, 0.6) is 0 Å². The number of hydrogen-bond donors (Lipinski definition) is 1. The van der Waals surface area contributed by atoms with Crippen LogP contribution in [0.1, 0.15) is 51.1 Å². The number of methoxy groups -OCH3 is 1. The molecule has 1 aromatic rings. The third kappa shape index (κ3) is 3.82. The molecule has 2 saturated heterocycles. The molecule has 1 N–H and O–H groups in total. The fraction of sp³-hybridized carbons (Fsp3) is 0.542. The van der Waals surface area contributed by atoms with E-state index in [1.54, 1.807) is 6.07 Å². The number of furan rings is 1. The molecule has 1 aromatic heterocycles. The lowest BCUT2D eigenvalue weighted by atomic mass is 9.69. The zero-order chi connectivity index (χ0) is 23.0. The van der Waals surface area contributed by atoms with Crippen molar-refractivity contribution in [2.24, 2.45) is 17.8 Å². The zero-order valence-corrected chi connectivity index (χ0v) is 18.6. The highest BCUT2D eigenvalue weighted by atomic mass is 16.5. The second kappa shape index (κ2) is 9.03. The summed E-state index contributed by atoms with van der Waals surface area (Å²) in [6.45, 7) is 4.32. The first-order valence-corrected chi connectivity index (χ1v) is 11.0. The van der Waals surface area contributed by atoms with Gasteiger partial charge < -0.3 is 19.0 Å². The highest BCUT2D eigenvalue weighted by Gasteiger charge is 2.58. The highest BCUT2D eigenvalue weighted by Crippen LogP contribution is 2.50. The summed E-state index contributed by atoms with van der Waals surface area (Å²) in [6.07, 6.45) is 3.72. The van der Waals surface area contributed by atoms with Crippen LogP contribution in [0, 0.1) is 17.8 Å². The molecule has 0 bridgehead atoms. The van der Waals surface area contributed by atoms with Gasteiger partial charge in [-0.05, 0) is 56.4 Å². The summed E-state index contributed by atoms with van der Waals surface area (Å²) in [5, 5.41) is 9.14. The molecule has 0 unspecified atom stereocenters. The largest absolute Gasteiger partial charge is 0.459 e. The maximum Gasteiger partial charge on any atom is 0.423 e. The maximum absolute atomic E-state index is 13.0. The third-order valence-electron chi connectivity index (χ3n) is 6.82. The van der Waals surface area contributed by atoms with Crippen LogP contribution >= 0.6 is 0 Å². The van der Waals surface area contributed by atoms with Gasteiger partial charge in [0, 0.05) is 5.92 Å². The Balaban J connectivity index is 1.51. The fourth-order valence-corrected chi connectivity index (χ4v) is 5.31. The normalized spacial score (nSPS) is 27.8. The summed E-state index contributed by atoms with van der Waals surface area (Å²) in [5.41, 5.74) is 3.41. The van der Waals surface area contributed by atoms with Crippen molar-refractivity contribution in [3.05, 3.63) is 40.4 Å². The number of likely N-dealkylation sites (tertiary alicyclic amines) is 1. The van der Waals surface area contributed by atoms with Gasteiger partial charge in [0.15, 0.2) is 0 Å². The van der Waals surface area contributed by atoms with Gasteiger partial charge in [0.1, 0.15) is 18.1 Å². The average Bonchev–Trinajstić information content (AvgIpc) is 3.48. The van der Waals surface area contributed by atoms with Crippen LogP contribution < -0.4 is 0 Å². The Hall–Kier alpha value is -2.71. The van der Waals surface area contributed by atoms with Crippen molar-refractivity contribution in [3.63, 3.8) is 0 Å². The van der Waals surface area contributed by atoms with Gasteiger partial charge >= 0.3 is 6.09 Å². The molecule has 0 radical (unpaired) electrons. The molecule has 3 amide bonds. The fourth-order valence-electron chi connectivity index (χ4n) is 5.31. The Bertz CT molecular complexity index is 988. The molecule has 1 aliphatic carbocycles. The molecule has 8 heteroatoms. The van der Waals surface area contributed by atoms with Crippen molar-refractivity contribution in [2.75, 3.05) is 13.7 Å². The third-order valence-corrected chi connectivity index (χ3v) is 6.82. The number of rotatable bonds is 6. The van der Waals surface area contributed by atoms with Crippen LogP contribution in [0.15, 0.2) is 33.3 Å². The molecule has 2 aliphatic heterocycles. The summed E-state index contributed by atoms with van der Waals surface area (Å²) in [5.74, 6) is -0.966. The molecule has 0 saturated carbocycles. The topological polar surface area (TPSA) is 106 Å². The van der Waals surface area contributed by atoms with Gasteiger partial charge in [-0.2, -0.15) is 4.90 Å². The minimum Gasteiger partial charge on any atom is -0.459 e.